The van der Waals surface area contributed by atoms with Crippen molar-refractivity contribution in [3.05, 3.63) is 32.6 Å². The number of alkyl halides is 1. The van der Waals surface area contributed by atoms with E-state index in [1.54, 1.807) is 17.7 Å². The molecule has 1 saturated carbocycles. The third-order valence-electron chi connectivity index (χ3n) is 8.85. The van der Waals surface area contributed by atoms with Gasteiger partial charge in [-0.25, -0.2) is 4.79 Å². The zero-order chi connectivity index (χ0) is 26.8. The number of thioether (sulfide) groups is 1. The van der Waals surface area contributed by atoms with Crippen LogP contribution in [0.2, 0.25) is 36.3 Å². The van der Waals surface area contributed by atoms with Crippen LogP contribution < -0.4 is 11.2 Å². The van der Waals surface area contributed by atoms with E-state index in [0.29, 0.717) is 5.56 Å². The second-order valence-electron chi connectivity index (χ2n) is 13.4. The SMILES string of the molecule is Cc1cn(C2SC3(CCC[C@@H]3O[Si](C)(C)C(C)(C)C)C(O[Si](C)(C)C(C)(C)C)C2I)c(=O)[nH]c1=O. The second-order valence-corrected chi connectivity index (χ2v) is 25.9. The summed E-state index contributed by atoms with van der Waals surface area (Å²) < 4.78 is 16.0. The van der Waals surface area contributed by atoms with Gasteiger partial charge in [0.1, 0.15) is 0 Å². The normalized spacial score (nSPS) is 30.4. The van der Waals surface area contributed by atoms with Crippen molar-refractivity contribution in [2.24, 2.45) is 0 Å². The van der Waals surface area contributed by atoms with Crippen molar-refractivity contribution in [3.8, 4) is 0 Å². The summed E-state index contributed by atoms with van der Waals surface area (Å²) in [6.07, 6.45) is 4.92. The van der Waals surface area contributed by atoms with Crippen molar-refractivity contribution >= 4 is 51.0 Å². The first-order valence-corrected chi connectivity index (χ1v) is 20.7. The van der Waals surface area contributed by atoms with E-state index in [9.17, 15) is 9.59 Å². The van der Waals surface area contributed by atoms with Crippen LogP contribution in [0.5, 0.6) is 0 Å². The Bertz CT molecular complexity index is 1060. The molecule has 1 aliphatic heterocycles. The minimum absolute atomic E-state index is 0.0320. The van der Waals surface area contributed by atoms with Crippen LogP contribution in [0.4, 0.5) is 0 Å². The fourth-order valence-corrected chi connectivity index (χ4v) is 11.4. The molecule has 1 spiro atoms. The molecule has 1 saturated heterocycles. The van der Waals surface area contributed by atoms with E-state index < -0.39 is 16.6 Å². The highest BCUT2D eigenvalue weighted by Crippen LogP contribution is 2.62. The number of H-pyrrole nitrogens is 1. The van der Waals surface area contributed by atoms with Gasteiger partial charge in [0.25, 0.3) is 5.56 Å². The van der Waals surface area contributed by atoms with Crippen molar-refractivity contribution in [3.63, 3.8) is 0 Å². The maximum Gasteiger partial charge on any atom is 0.329 e. The molecule has 0 bridgehead atoms. The number of aryl methyl sites for hydroxylation is 1. The number of nitrogens with one attached hydrogen (secondary N) is 1. The van der Waals surface area contributed by atoms with E-state index in [0.717, 1.165) is 19.3 Å². The van der Waals surface area contributed by atoms with Crippen LogP contribution in [0, 0.1) is 6.92 Å². The first-order chi connectivity index (χ1) is 15.7. The Morgan fingerprint density at radius 2 is 1.60 bits per heavy atom. The van der Waals surface area contributed by atoms with Gasteiger partial charge in [0.2, 0.25) is 0 Å². The largest absolute Gasteiger partial charge is 0.412 e. The minimum Gasteiger partial charge on any atom is -0.412 e. The monoisotopic (exact) mass is 652 g/mol. The molecule has 4 unspecified atom stereocenters. The van der Waals surface area contributed by atoms with Crippen LogP contribution in [0.3, 0.4) is 0 Å². The number of aromatic nitrogens is 2. The van der Waals surface area contributed by atoms with Gasteiger partial charge in [0.15, 0.2) is 16.6 Å². The molecule has 1 aromatic heterocycles. The first-order valence-electron chi connectivity index (χ1n) is 12.7. The fourth-order valence-electron chi connectivity index (χ4n) is 4.54. The van der Waals surface area contributed by atoms with E-state index in [4.69, 9.17) is 8.85 Å². The lowest BCUT2D eigenvalue weighted by Gasteiger charge is -2.47. The highest BCUT2D eigenvalue weighted by Gasteiger charge is 2.63. The Balaban J connectivity index is 2.11. The van der Waals surface area contributed by atoms with Crippen LogP contribution >= 0.6 is 34.4 Å². The van der Waals surface area contributed by atoms with Gasteiger partial charge in [-0.05, 0) is 62.5 Å². The molecule has 0 radical (unpaired) electrons. The molecule has 2 fully saturated rings. The molecule has 1 aliphatic carbocycles. The van der Waals surface area contributed by atoms with E-state index in [-0.39, 0.29) is 47.6 Å². The van der Waals surface area contributed by atoms with Crippen LogP contribution in [-0.4, -0.2) is 47.1 Å². The van der Waals surface area contributed by atoms with Crippen LogP contribution in [0.25, 0.3) is 0 Å². The standard InChI is InChI=1S/C25H45IN2O4SSi2/c1-16-15-28(22(30)27-20(16)29)21-18(26)19(32-35(10,11)24(5,6)7)25(33-21)14-12-13-17(25)31-34(8,9)23(2,3)4/h15,17-19,21H,12-14H2,1-11H3,(H,27,29,30)/t17-,18?,19?,21?,25?/m0/s1. The van der Waals surface area contributed by atoms with E-state index >= 15 is 0 Å². The topological polar surface area (TPSA) is 73.3 Å². The number of hydrogen-bond donors (Lipinski definition) is 1. The highest BCUT2D eigenvalue weighted by atomic mass is 127. The number of halogens is 1. The first kappa shape index (κ1) is 29.7. The molecule has 200 valence electrons. The van der Waals surface area contributed by atoms with Crippen molar-refractivity contribution in [1.29, 1.82) is 0 Å². The third kappa shape index (κ3) is 5.48. The molecule has 10 heteroatoms. The van der Waals surface area contributed by atoms with E-state index in [1.807, 2.05) is 11.8 Å². The summed E-state index contributed by atoms with van der Waals surface area (Å²) in [4.78, 5) is 27.6. The van der Waals surface area contributed by atoms with Gasteiger partial charge in [-0.2, -0.15) is 0 Å². The number of hydrogen-bond acceptors (Lipinski definition) is 5. The molecule has 35 heavy (non-hydrogen) atoms. The van der Waals surface area contributed by atoms with Crippen LogP contribution in [0.1, 0.15) is 71.7 Å². The van der Waals surface area contributed by atoms with Crippen molar-refractivity contribution in [2.75, 3.05) is 0 Å². The Labute approximate surface area is 231 Å². The summed E-state index contributed by atoms with van der Waals surface area (Å²) in [5.41, 5.74) is -0.108. The van der Waals surface area contributed by atoms with Gasteiger partial charge in [0, 0.05) is 11.8 Å². The van der Waals surface area contributed by atoms with Gasteiger partial charge < -0.3 is 8.85 Å². The molecule has 5 atom stereocenters. The van der Waals surface area contributed by atoms with Gasteiger partial charge in [-0.15, -0.1) is 11.8 Å². The molecular formula is C25H45IN2O4SSi2. The number of rotatable bonds is 5. The summed E-state index contributed by atoms with van der Waals surface area (Å²) in [6, 6.07) is 0. The molecule has 2 heterocycles. The molecule has 3 rings (SSSR count). The predicted molar refractivity (Wildman–Crippen MR) is 161 cm³/mol. The highest BCUT2D eigenvalue weighted by molar-refractivity contribution is 14.1. The lowest BCUT2D eigenvalue weighted by Crippen LogP contribution is -2.57. The molecule has 0 aromatic carbocycles. The Morgan fingerprint density at radius 1 is 1.06 bits per heavy atom. The maximum atomic E-state index is 13.0. The van der Waals surface area contributed by atoms with Gasteiger partial charge >= 0.3 is 5.69 Å². The molecule has 1 N–H and O–H groups in total. The molecule has 2 aliphatic rings. The number of nitrogens with zero attached hydrogens (tertiary/aromatic N) is 1. The van der Waals surface area contributed by atoms with Crippen LogP contribution in [0.15, 0.2) is 15.8 Å². The molecule has 6 nitrogen and oxygen atoms in total. The Morgan fingerprint density at radius 3 is 2.14 bits per heavy atom. The minimum atomic E-state index is -2.10. The zero-order valence-electron chi connectivity index (χ0n) is 23.4. The summed E-state index contributed by atoms with van der Waals surface area (Å²) in [6.45, 7) is 24.8. The summed E-state index contributed by atoms with van der Waals surface area (Å²) in [5.74, 6) is 0. The average Bonchev–Trinajstić information content (AvgIpc) is 3.19. The van der Waals surface area contributed by atoms with Crippen molar-refractivity contribution in [1.82, 2.24) is 9.55 Å². The Hall–Kier alpha value is 0.114. The molecule has 1 aromatic rings. The van der Waals surface area contributed by atoms with E-state index in [2.05, 4.69) is 95.3 Å². The third-order valence-corrected chi connectivity index (χ3v) is 21.5. The smallest absolute Gasteiger partial charge is 0.329 e. The quantitative estimate of drug-likeness (QED) is 0.221. The predicted octanol–water partition coefficient (Wildman–Crippen LogP) is 6.60. The zero-order valence-corrected chi connectivity index (χ0v) is 28.3. The van der Waals surface area contributed by atoms with E-state index in [1.165, 1.54) is 0 Å². The summed E-state index contributed by atoms with van der Waals surface area (Å²) in [5, 5.41) is 0.0657. The van der Waals surface area contributed by atoms with Crippen molar-refractivity contribution < 1.29 is 8.85 Å². The molecular weight excluding hydrogens is 607 g/mol. The lowest BCUT2D eigenvalue weighted by molar-refractivity contribution is 0.0728. The number of aromatic amines is 1. The summed E-state index contributed by atoms with van der Waals surface area (Å²) >= 11 is 4.37. The second kappa shape index (κ2) is 9.70. The molecule has 0 amide bonds. The average molecular weight is 653 g/mol. The fraction of sp³-hybridized carbons (Fsp3) is 0.840. The van der Waals surface area contributed by atoms with Gasteiger partial charge in [-0.1, -0.05) is 64.1 Å². The maximum absolute atomic E-state index is 13.0. The lowest BCUT2D eigenvalue weighted by atomic mass is 9.95. The summed E-state index contributed by atoms with van der Waals surface area (Å²) in [7, 11) is -4.12. The Kier molecular flexibility index (Phi) is 8.22. The van der Waals surface area contributed by atoms with Gasteiger partial charge in [-0.3, -0.25) is 14.3 Å². The van der Waals surface area contributed by atoms with Gasteiger partial charge in [0.05, 0.1) is 26.3 Å². The van der Waals surface area contributed by atoms with Crippen molar-refractivity contribution in [2.45, 2.75) is 130 Å². The van der Waals surface area contributed by atoms with Crippen LogP contribution in [-0.2, 0) is 8.85 Å².